The maximum Gasteiger partial charge on any atom is 0.251 e. The molecule has 0 aromatic heterocycles. The molecule has 2 amide bonds. The molecule has 24 heavy (non-hydrogen) atoms. The van der Waals surface area contributed by atoms with Crippen molar-refractivity contribution >= 4 is 23.8 Å². The molecule has 0 atom stereocenters. The molecule has 0 aliphatic heterocycles. The Morgan fingerprint density at radius 2 is 1.88 bits per heavy atom. The average molecular weight is 326 g/mol. The fourth-order valence-corrected chi connectivity index (χ4v) is 2.19. The number of anilines is 1. The van der Waals surface area contributed by atoms with Crippen LogP contribution in [0.1, 0.15) is 27.1 Å². The lowest BCUT2D eigenvalue weighted by molar-refractivity contribution is -0.105. The zero-order valence-electron chi connectivity index (χ0n) is 13.2. The van der Waals surface area contributed by atoms with Crippen LogP contribution in [0.2, 0.25) is 0 Å². The molecule has 124 valence electrons. The van der Waals surface area contributed by atoms with Crippen molar-refractivity contribution < 1.29 is 19.1 Å². The predicted molar refractivity (Wildman–Crippen MR) is 90.4 cm³/mol. The van der Waals surface area contributed by atoms with E-state index < -0.39 is 0 Å². The van der Waals surface area contributed by atoms with E-state index >= 15 is 0 Å². The van der Waals surface area contributed by atoms with E-state index in [0.29, 0.717) is 29.0 Å². The van der Waals surface area contributed by atoms with Gasteiger partial charge in [0.1, 0.15) is 5.75 Å². The zero-order chi connectivity index (χ0) is 17.4. The summed E-state index contributed by atoms with van der Waals surface area (Å²) in [7, 11) is 1.50. The summed E-state index contributed by atoms with van der Waals surface area (Å²) in [5, 5.41) is 5.19. The molecule has 0 unspecified atom stereocenters. The first-order chi connectivity index (χ1) is 11.7. The molecular weight excluding hydrogens is 308 g/mol. The first kappa shape index (κ1) is 17.2. The van der Waals surface area contributed by atoms with E-state index in [1.54, 1.807) is 42.5 Å². The maximum absolute atomic E-state index is 12.4. The number of Topliss-reactive ketones (excluding diaryl/α,β-unsaturated/α-hetero) is 1. The van der Waals surface area contributed by atoms with Gasteiger partial charge in [0.25, 0.3) is 5.91 Å². The van der Waals surface area contributed by atoms with Gasteiger partial charge in [-0.25, -0.2) is 0 Å². The van der Waals surface area contributed by atoms with Gasteiger partial charge in [0.2, 0.25) is 6.41 Å². The number of hydrogen-bond donors (Lipinski definition) is 2. The molecule has 0 saturated heterocycles. The minimum atomic E-state index is -0.236. The number of hydrogen-bond acceptors (Lipinski definition) is 4. The monoisotopic (exact) mass is 326 g/mol. The second-order valence-corrected chi connectivity index (χ2v) is 4.97. The van der Waals surface area contributed by atoms with Crippen LogP contribution in [-0.4, -0.2) is 31.8 Å². The Bertz CT molecular complexity index is 729. The molecule has 2 N–H and O–H groups in total. The van der Waals surface area contributed by atoms with Crippen LogP contribution in [0, 0.1) is 0 Å². The van der Waals surface area contributed by atoms with Gasteiger partial charge in [-0.05, 0) is 30.3 Å². The van der Waals surface area contributed by atoms with Gasteiger partial charge in [0.15, 0.2) is 5.78 Å². The van der Waals surface area contributed by atoms with Crippen LogP contribution in [0.5, 0.6) is 5.75 Å². The molecule has 0 radical (unpaired) electrons. The van der Waals surface area contributed by atoms with Gasteiger partial charge in [-0.2, -0.15) is 0 Å². The largest absolute Gasteiger partial charge is 0.497 e. The van der Waals surface area contributed by atoms with Gasteiger partial charge < -0.3 is 15.4 Å². The molecule has 0 fully saturated rings. The lowest BCUT2D eigenvalue weighted by Gasteiger charge is -2.10. The van der Waals surface area contributed by atoms with Gasteiger partial charge in [-0.3, -0.25) is 14.4 Å². The van der Waals surface area contributed by atoms with Crippen molar-refractivity contribution in [3.63, 3.8) is 0 Å². The minimum Gasteiger partial charge on any atom is -0.497 e. The number of nitrogens with one attached hydrogen (secondary N) is 2. The molecule has 2 aromatic rings. The highest BCUT2D eigenvalue weighted by Gasteiger charge is 2.13. The third-order valence-corrected chi connectivity index (χ3v) is 3.42. The highest BCUT2D eigenvalue weighted by atomic mass is 16.5. The Labute approximate surface area is 139 Å². The van der Waals surface area contributed by atoms with E-state index in [0.717, 1.165) is 0 Å². The summed E-state index contributed by atoms with van der Waals surface area (Å²) in [6.45, 7) is 0.199. The first-order valence-corrected chi connectivity index (χ1v) is 7.40. The summed E-state index contributed by atoms with van der Waals surface area (Å²) in [6.07, 6.45) is 0.620. The van der Waals surface area contributed by atoms with Crippen molar-refractivity contribution in [3.05, 3.63) is 59.7 Å². The summed E-state index contributed by atoms with van der Waals surface area (Å²) < 4.78 is 5.10. The molecule has 6 heteroatoms. The van der Waals surface area contributed by atoms with Gasteiger partial charge >= 0.3 is 0 Å². The van der Waals surface area contributed by atoms with Gasteiger partial charge in [0.05, 0.1) is 12.8 Å². The molecule has 0 aliphatic carbocycles. The Kier molecular flexibility index (Phi) is 6.08. The summed E-state index contributed by atoms with van der Waals surface area (Å²) in [5.74, 6) is 0.0787. The summed E-state index contributed by atoms with van der Waals surface area (Å²) in [4.78, 5) is 34.9. The van der Waals surface area contributed by atoms with Crippen molar-refractivity contribution in [2.75, 3.05) is 19.0 Å². The van der Waals surface area contributed by atoms with Crippen molar-refractivity contribution in [2.45, 2.75) is 6.42 Å². The van der Waals surface area contributed by atoms with E-state index in [1.165, 1.54) is 7.11 Å². The number of ketones is 1. The molecule has 0 bridgehead atoms. The molecular formula is C18H18N2O4. The fraction of sp³-hybridized carbons (Fsp3) is 0.167. The predicted octanol–water partition coefficient (Wildman–Crippen LogP) is 2.27. The van der Waals surface area contributed by atoms with Crippen molar-refractivity contribution in [2.24, 2.45) is 0 Å². The Hall–Kier alpha value is -3.15. The molecule has 2 aromatic carbocycles. The second kappa shape index (κ2) is 8.47. The number of amides is 2. The van der Waals surface area contributed by atoms with Crippen LogP contribution in [0.25, 0.3) is 0 Å². The second-order valence-electron chi connectivity index (χ2n) is 4.97. The van der Waals surface area contributed by atoms with E-state index in [2.05, 4.69) is 10.6 Å². The highest BCUT2D eigenvalue weighted by molar-refractivity contribution is 6.03. The number of rotatable bonds is 8. The Morgan fingerprint density at radius 3 is 2.54 bits per heavy atom. The van der Waals surface area contributed by atoms with E-state index in [-0.39, 0.29) is 24.7 Å². The first-order valence-electron chi connectivity index (χ1n) is 7.40. The molecule has 0 heterocycles. The average Bonchev–Trinajstić information content (AvgIpc) is 2.62. The standard InChI is InChI=1S/C18H18N2O4/c1-24-14-7-8-16(20-12-21)15(11-14)17(22)9-10-19-18(23)13-5-3-2-4-6-13/h2-8,11-12H,9-10H2,1H3,(H,19,23)(H,20,21). The zero-order valence-corrected chi connectivity index (χ0v) is 13.2. The smallest absolute Gasteiger partial charge is 0.251 e. The van der Waals surface area contributed by atoms with Gasteiger partial charge in [-0.1, -0.05) is 18.2 Å². The van der Waals surface area contributed by atoms with Gasteiger partial charge in [0, 0.05) is 24.1 Å². The lowest BCUT2D eigenvalue weighted by atomic mass is 10.1. The molecule has 6 nitrogen and oxygen atoms in total. The van der Waals surface area contributed by atoms with Crippen molar-refractivity contribution in [1.82, 2.24) is 5.32 Å². The van der Waals surface area contributed by atoms with Crippen molar-refractivity contribution in [1.29, 1.82) is 0 Å². The molecule has 0 aliphatic rings. The Morgan fingerprint density at radius 1 is 1.12 bits per heavy atom. The van der Waals surface area contributed by atoms with Crippen LogP contribution in [0.3, 0.4) is 0 Å². The van der Waals surface area contributed by atoms with Crippen LogP contribution in [-0.2, 0) is 4.79 Å². The van der Waals surface area contributed by atoms with Crippen LogP contribution in [0.15, 0.2) is 48.5 Å². The highest BCUT2D eigenvalue weighted by Crippen LogP contribution is 2.23. The summed E-state index contributed by atoms with van der Waals surface area (Å²) in [5.41, 5.74) is 1.29. The number of carbonyl (C=O) groups excluding carboxylic acids is 3. The fourth-order valence-electron chi connectivity index (χ4n) is 2.19. The van der Waals surface area contributed by atoms with E-state index in [4.69, 9.17) is 4.74 Å². The number of benzene rings is 2. The van der Waals surface area contributed by atoms with Crippen LogP contribution < -0.4 is 15.4 Å². The molecule has 0 saturated carbocycles. The third-order valence-electron chi connectivity index (χ3n) is 3.42. The SMILES string of the molecule is COc1ccc(NC=O)c(C(=O)CCNC(=O)c2ccccc2)c1. The van der Waals surface area contributed by atoms with E-state index in [9.17, 15) is 14.4 Å². The third kappa shape index (κ3) is 4.42. The Balaban J connectivity index is 1.99. The summed E-state index contributed by atoms with van der Waals surface area (Å²) in [6, 6.07) is 13.6. The minimum absolute atomic E-state index is 0.110. The topological polar surface area (TPSA) is 84.5 Å². The van der Waals surface area contributed by atoms with Crippen LogP contribution in [0.4, 0.5) is 5.69 Å². The van der Waals surface area contributed by atoms with Gasteiger partial charge in [-0.15, -0.1) is 0 Å². The molecule has 2 rings (SSSR count). The van der Waals surface area contributed by atoms with E-state index in [1.807, 2.05) is 6.07 Å². The van der Waals surface area contributed by atoms with Crippen LogP contribution >= 0.6 is 0 Å². The quantitative estimate of drug-likeness (QED) is 0.576. The summed E-state index contributed by atoms with van der Waals surface area (Å²) >= 11 is 0. The number of methoxy groups -OCH3 is 1. The number of ether oxygens (including phenoxy) is 1. The number of carbonyl (C=O) groups is 3. The van der Waals surface area contributed by atoms with Crippen molar-refractivity contribution in [3.8, 4) is 5.75 Å². The lowest BCUT2D eigenvalue weighted by Crippen LogP contribution is -2.26. The maximum atomic E-state index is 12.4. The molecule has 0 spiro atoms. The normalized spacial score (nSPS) is 9.88.